The number of halogens is 1. The van der Waals surface area contributed by atoms with Crippen LogP contribution in [0.2, 0.25) is 0 Å². The fraction of sp³-hybridized carbons (Fsp3) is 0.212. The van der Waals surface area contributed by atoms with Crippen LogP contribution in [0.1, 0.15) is 34.8 Å². The normalized spacial score (nSPS) is 17.3. The molecule has 0 radical (unpaired) electrons. The maximum atomic E-state index is 14.4. The van der Waals surface area contributed by atoms with Gasteiger partial charge in [0.25, 0.3) is 5.91 Å². The lowest BCUT2D eigenvalue weighted by molar-refractivity contribution is -0.129. The van der Waals surface area contributed by atoms with E-state index < -0.39 is 11.6 Å². The standard InChI is InChI=1S/C33H30BrN5O4/c34-28-13-6-5-12-27(28)30-33(21-25-11-4-7-14-29(25)38-39-35,32(41)36-22-23-9-2-1-3-10-23)37-31(43-30)24-15-17-26(18-16-24)42-20-8-19-40/h1-7,9-18,30,40H,8,19-22H2,(H,36,41)/t30-,33-/m1/s1. The van der Waals surface area contributed by atoms with Crippen LogP contribution in [0.25, 0.3) is 10.4 Å². The predicted molar refractivity (Wildman–Crippen MR) is 168 cm³/mol. The molecule has 1 aliphatic rings. The Hall–Kier alpha value is -4.63. The van der Waals surface area contributed by atoms with Gasteiger partial charge in [0.05, 0.1) is 6.61 Å². The van der Waals surface area contributed by atoms with Crippen LogP contribution in [0, 0.1) is 0 Å². The highest BCUT2D eigenvalue weighted by Crippen LogP contribution is 2.45. The summed E-state index contributed by atoms with van der Waals surface area (Å²) < 4.78 is 13.1. The summed E-state index contributed by atoms with van der Waals surface area (Å²) in [6.45, 7) is 0.746. The Morgan fingerprint density at radius 2 is 1.74 bits per heavy atom. The van der Waals surface area contributed by atoms with E-state index in [0.29, 0.717) is 48.0 Å². The molecule has 5 rings (SSSR count). The Morgan fingerprint density at radius 3 is 2.49 bits per heavy atom. The number of amides is 1. The van der Waals surface area contributed by atoms with Crippen LogP contribution >= 0.6 is 15.9 Å². The van der Waals surface area contributed by atoms with Crippen molar-refractivity contribution < 1.29 is 19.4 Å². The highest BCUT2D eigenvalue weighted by Gasteiger charge is 2.54. The summed E-state index contributed by atoms with van der Waals surface area (Å²) in [5.74, 6) is 0.624. The van der Waals surface area contributed by atoms with Crippen molar-refractivity contribution in [1.29, 1.82) is 0 Å². The second kappa shape index (κ2) is 14.0. The van der Waals surface area contributed by atoms with Crippen molar-refractivity contribution in [2.24, 2.45) is 10.1 Å². The molecule has 218 valence electrons. The zero-order valence-electron chi connectivity index (χ0n) is 23.3. The van der Waals surface area contributed by atoms with Crippen molar-refractivity contribution in [3.05, 3.63) is 140 Å². The Morgan fingerprint density at radius 1 is 1.02 bits per heavy atom. The van der Waals surface area contributed by atoms with Gasteiger partial charge in [-0.2, -0.15) is 0 Å². The number of nitrogens with one attached hydrogen (secondary N) is 1. The quantitative estimate of drug-likeness (QED) is 0.0750. The molecular formula is C33H30BrN5O4. The number of carbonyl (C=O) groups excluding carboxylic acids is 1. The van der Waals surface area contributed by atoms with Gasteiger partial charge in [-0.1, -0.05) is 93.8 Å². The number of nitrogens with zero attached hydrogens (tertiary/aromatic N) is 4. The van der Waals surface area contributed by atoms with Crippen LogP contribution in [-0.4, -0.2) is 35.7 Å². The van der Waals surface area contributed by atoms with Crippen molar-refractivity contribution in [3.8, 4) is 5.75 Å². The van der Waals surface area contributed by atoms with E-state index in [1.54, 1.807) is 24.3 Å². The number of carbonyl (C=O) groups is 1. The maximum absolute atomic E-state index is 14.4. The minimum absolute atomic E-state index is 0.0520. The first kappa shape index (κ1) is 29.8. The highest BCUT2D eigenvalue weighted by molar-refractivity contribution is 9.10. The van der Waals surface area contributed by atoms with E-state index in [-0.39, 0.29) is 18.9 Å². The molecule has 2 atom stereocenters. The van der Waals surface area contributed by atoms with Gasteiger partial charge in [-0.05, 0) is 47.0 Å². The number of rotatable bonds is 12. The molecule has 2 N–H and O–H groups in total. The summed E-state index contributed by atoms with van der Waals surface area (Å²) in [5.41, 5.74) is 11.2. The molecule has 4 aromatic rings. The van der Waals surface area contributed by atoms with Gasteiger partial charge < -0.3 is 19.9 Å². The number of aliphatic imine (C=N–C) groups is 1. The van der Waals surface area contributed by atoms with Crippen molar-refractivity contribution in [2.75, 3.05) is 13.2 Å². The topological polar surface area (TPSA) is 129 Å². The first-order valence-corrected chi connectivity index (χ1v) is 14.6. The van der Waals surface area contributed by atoms with E-state index in [9.17, 15) is 10.3 Å². The highest BCUT2D eigenvalue weighted by atomic mass is 79.9. The summed E-state index contributed by atoms with van der Waals surface area (Å²) in [5, 5.41) is 16.0. The van der Waals surface area contributed by atoms with Crippen LogP contribution in [0.4, 0.5) is 5.69 Å². The van der Waals surface area contributed by atoms with E-state index in [4.69, 9.17) is 19.6 Å². The molecule has 0 aliphatic carbocycles. The minimum atomic E-state index is -1.45. The van der Waals surface area contributed by atoms with Crippen LogP contribution in [0.15, 0.2) is 118 Å². The lowest BCUT2D eigenvalue weighted by Crippen LogP contribution is -2.49. The first-order valence-electron chi connectivity index (χ1n) is 13.8. The molecule has 0 spiro atoms. The average molecular weight is 641 g/mol. The zero-order chi connectivity index (χ0) is 30.1. The Kier molecular flexibility index (Phi) is 9.73. The predicted octanol–water partition coefficient (Wildman–Crippen LogP) is 6.97. The third-order valence-electron chi connectivity index (χ3n) is 7.12. The van der Waals surface area contributed by atoms with Crippen LogP contribution in [-0.2, 0) is 22.5 Å². The number of azide groups is 1. The number of aliphatic hydroxyl groups is 1. The van der Waals surface area contributed by atoms with Crippen molar-refractivity contribution in [1.82, 2.24) is 5.32 Å². The summed E-state index contributed by atoms with van der Waals surface area (Å²) in [4.78, 5) is 22.5. The largest absolute Gasteiger partial charge is 0.494 e. The van der Waals surface area contributed by atoms with Crippen molar-refractivity contribution in [3.63, 3.8) is 0 Å². The molecule has 0 bridgehead atoms. The Labute approximate surface area is 258 Å². The second-order valence-electron chi connectivity index (χ2n) is 9.97. The number of hydrogen-bond donors (Lipinski definition) is 2. The van der Waals surface area contributed by atoms with Gasteiger partial charge in [0.15, 0.2) is 11.6 Å². The van der Waals surface area contributed by atoms with Gasteiger partial charge in [0.2, 0.25) is 5.90 Å². The molecule has 43 heavy (non-hydrogen) atoms. The lowest BCUT2D eigenvalue weighted by atomic mass is 9.81. The van der Waals surface area contributed by atoms with Gasteiger partial charge in [0, 0.05) is 52.2 Å². The monoisotopic (exact) mass is 639 g/mol. The molecule has 0 unspecified atom stereocenters. The summed E-state index contributed by atoms with van der Waals surface area (Å²) in [6.07, 6.45) is -0.169. The van der Waals surface area contributed by atoms with Gasteiger partial charge in [0.1, 0.15) is 5.75 Å². The summed E-state index contributed by atoms with van der Waals surface area (Å²) in [6, 6.07) is 31.7. The van der Waals surface area contributed by atoms with E-state index in [0.717, 1.165) is 15.6 Å². The molecule has 1 aliphatic heterocycles. The molecule has 1 heterocycles. The maximum Gasteiger partial charge on any atom is 0.252 e. The fourth-order valence-corrected chi connectivity index (χ4v) is 5.47. The molecule has 1 amide bonds. The van der Waals surface area contributed by atoms with Gasteiger partial charge in [-0.3, -0.25) is 4.79 Å². The third kappa shape index (κ3) is 6.89. The summed E-state index contributed by atoms with van der Waals surface area (Å²) in [7, 11) is 0. The van der Waals surface area contributed by atoms with Gasteiger partial charge >= 0.3 is 0 Å². The number of benzene rings is 4. The Balaban J connectivity index is 1.60. The molecular weight excluding hydrogens is 610 g/mol. The van der Waals surface area contributed by atoms with E-state index in [1.807, 2.05) is 78.9 Å². The molecule has 9 nitrogen and oxygen atoms in total. The Bertz CT molecular complexity index is 1640. The second-order valence-corrected chi connectivity index (χ2v) is 10.8. The number of aliphatic hydroxyl groups excluding tert-OH is 1. The number of hydrogen-bond acceptors (Lipinski definition) is 6. The molecule has 0 saturated heterocycles. The van der Waals surface area contributed by atoms with E-state index in [1.165, 1.54) is 0 Å². The first-order chi connectivity index (χ1) is 21.0. The molecule has 4 aromatic carbocycles. The fourth-order valence-electron chi connectivity index (χ4n) is 4.97. The smallest absolute Gasteiger partial charge is 0.252 e. The molecule has 10 heteroatoms. The minimum Gasteiger partial charge on any atom is -0.494 e. The lowest BCUT2D eigenvalue weighted by Gasteiger charge is -2.31. The SMILES string of the molecule is [N-]=[N+]=Nc1ccccc1C[C@@]1(C(=O)NCc2ccccc2)N=C(c2ccc(OCCCO)cc2)O[C@@H]1c1ccccc1Br. The zero-order valence-corrected chi connectivity index (χ0v) is 24.9. The third-order valence-corrected chi connectivity index (χ3v) is 7.84. The molecule has 0 saturated carbocycles. The molecule has 0 aromatic heterocycles. The van der Waals surface area contributed by atoms with Crippen molar-refractivity contribution >= 4 is 33.4 Å². The van der Waals surface area contributed by atoms with Crippen molar-refractivity contribution in [2.45, 2.75) is 31.0 Å². The van der Waals surface area contributed by atoms with Gasteiger partial charge in [-0.25, -0.2) is 4.99 Å². The number of ether oxygens (including phenoxy) is 2. The molecule has 0 fully saturated rings. The van der Waals surface area contributed by atoms with Crippen LogP contribution < -0.4 is 10.1 Å². The van der Waals surface area contributed by atoms with Crippen LogP contribution in [0.5, 0.6) is 5.75 Å². The average Bonchev–Trinajstić information content (AvgIpc) is 3.42. The van der Waals surface area contributed by atoms with Crippen LogP contribution in [0.3, 0.4) is 0 Å². The van der Waals surface area contributed by atoms with E-state index in [2.05, 4.69) is 31.3 Å². The van der Waals surface area contributed by atoms with Gasteiger partial charge in [-0.15, -0.1) is 0 Å². The van der Waals surface area contributed by atoms with E-state index >= 15 is 0 Å². The summed E-state index contributed by atoms with van der Waals surface area (Å²) >= 11 is 3.66.